The summed E-state index contributed by atoms with van der Waals surface area (Å²) in [6.07, 6.45) is 3.09. The van der Waals surface area contributed by atoms with E-state index in [1.165, 1.54) is 16.9 Å². The van der Waals surface area contributed by atoms with Gasteiger partial charge in [-0.15, -0.1) is 0 Å². The number of nitro groups is 1. The molecule has 70 valence electrons. The molecule has 1 aromatic carbocycles. The Morgan fingerprint density at radius 3 is 2.21 bits per heavy atom. The Labute approximate surface area is 78.9 Å². The first-order chi connectivity index (χ1) is 6.77. The molecular weight excluding hydrogens is 184 g/mol. The Morgan fingerprint density at radius 1 is 1.14 bits per heavy atom. The molecule has 0 N–H and O–H groups in total. The van der Waals surface area contributed by atoms with Crippen molar-refractivity contribution in [1.82, 2.24) is 15.0 Å². The lowest BCUT2D eigenvalue weighted by atomic mass is 10.3. The number of benzene rings is 1. The second-order valence-electron chi connectivity index (χ2n) is 2.59. The monoisotopic (exact) mass is 190 g/mol. The van der Waals surface area contributed by atoms with Crippen molar-refractivity contribution in [3.63, 3.8) is 0 Å². The van der Waals surface area contributed by atoms with E-state index in [0.29, 0.717) is 5.69 Å². The highest BCUT2D eigenvalue weighted by atomic mass is 16.6. The molecule has 6 heteroatoms. The fourth-order valence-corrected chi connectivity index (χ4v) is 1.06. The maximum Gasteiger partial charge on any atom is 0.269 e. The Morgan fingerprint density at radius 2 is 1.71 bits per heavy atom. The van der Waals surface area contributed by atoms with Gasteiger partial charge in [0, 0.05) is 12.1 Å². The first-order valence-corrected chi connectivity index (χ1v) is 3.88. The summed E-state index contributed by atoms with van der Waals surface area (Å²) in [5.41, 5.74) is 0.751. The molecule has 2 rings (SSSR count). The molecule has 0 atom stereocenters. The molecule has 2 aromatic rings. The first-order valence-electron chi connectivity index (χ1n) is 3.88. The zero-order chi connectivity index (χ0) is 9.97. The van der Waals surface area contributed by atoms with Gasteiger partial charge >= 0.3 is 0 Å². The van der Waals surface area contributed by atoms with Gasteiger partial charge in [-0.3, -0.25) is 10.1 Å². The second kappa shape index (κ2) is 3.25. The van der Waals surface area contributed by atoms with Gasteiger partial charge in [0.25, 0.3) is 5.69 Å². The van der Waals surface area contributed by atoms with Crippen LogP contribution >= 0.6 is 0 Å². The molecule has 0 spiro atoms. The average molecular weight is 190 g/mol. The SMILES string of the molecule is O=[N+]([O-])c1ccc(-n2nccn2)cc1. The van der Waals surface area contributed by atoms with E-state index in [1.54, 1.807) is 24.5 Å². The van der Waals surface area contributed by atoms with Crippen LogP contribution < -0.4 is 0 Å². The van der Waals surface area contributed by atoms with Gasteiger partial charge in [0.2, 0.25) is 0 Å². The van der Waals surface area contributed by atoms with Crippen molar-refractivity contribution in [2.24, 2.45) is 0 Å². The minimum atomic E-state index is -0.444. The minimum absolute atomic E-state index is 0.0564. The Balaban J connectivity index is 2.36. The van der Waals surface area contributed by atoms with Gasteiger partial charge in [-0.1, -0.05) is 0 Å². The fourth-order valence-electron chi connectivity index (χ4n) is 1.06. The van der Waals surface area contributed by atoms with E-state index in [1.807, 2.05) is 0 Å². The standard InChI is InChI=1S/C8H6N4O2/c13-12(14)8-3-1-7(2-4-8)11-9-5-6-10-11/h1-6H. The lowest BCUT2D eigenvalue weighted by Gasteiger charge is -1.97. The molecule has 0 aliphatic heterocycles. The van der Waals surface area contributed by atoms with Crippen LogP contribution in [0.1, 0.15) is 0 Å². The molecule has 1 heterocycles. The van der Waals surface area contributed by atoms with Crippen molar-refractivity contribution in [2.75, 3.05) is 0 Å². The van der Waals surface area contributed by atoms with Crippen LogP contribution in [-0.4, -0.2) is 19.9 Å². The van der Waals surface area contributed by atoms with Crippen molar-refractivity contribution < 1.29 is 4.92 Å². The van der Waals surface area contributed by atoms with Crippen LogP contribution in [0.25, 0.3) is 5.69 Å². The van der Waals surface area contributed by atoms with Gasteiger partial charge in [0.05, 0.1) is 23.0 Å². The van der Waals surface area contributed by atoms with Crippen molar-refractivity contribution in [3.8, 4) is 5.69 Å². The highest BCUT2D eigenvalue weighted by Crippen LogP contribution is 2.13. The van der Waals surface area contributed by atoms with Gasteiger partial charge in [-0.2, -0.15) is 15.0 Å². The fraction of sp³-hybridized carbons (Fsp3) is 0. The van der Waals surface area contributed by atoms with Crippen molar-refractivity contribution >= 4 is 5.69 Å². The molecule has 0 radical (unpaired) electrons. The number of rotatable bonds is 2. The second-order valence-corrected chi connectivity index (χ2v) is 2.59. The molecule has 0 fully saturated rings. The Bertz CT molecular complexity index is 435. The van der Waals surface area contributed by atoms with Crippen molar-refractivity contribution in [2.45, 2.75) is 0 Å². The number of hydrogen-bond donors (Lipinski definition) is 0. The van der Waals surface area contributed by atoms with E-state index in [-0.39, 0.29) is 5.69 Å². The molecule has 0 unspecified atom stereocenters. The predicted molar refractivity (Wildman–Crippen MR) is 48.0 cm³/mol. The summed E-state index contributed by atoms with van der Waals surface area (Å²) in [5, 5.41) is 18.2. The van der Waals surface area contributed by atoms with E-state index in [2.05, 4.69) is 10.2 Å². The molecule has 0 aliphatic rings. The third kappa shape index (κ3) is 1.45. The Kier molecular flexibility index (Phi) is 1.94. The predicted octanol–water partition coefficient (Wildman–Crippen LogP) is 1.18. The van der Waals surface area contributed by atoms with Crippen LogP contribution in [0.15, 0.2) is 36.7 Å². The van der Waals surface area contributed by atoms with Crippen LogP contribution in [0, 0.1) is 10.1 Å². The van der Waals surface area contributed by atoms with Gasteiger partial charge in [0.15, 0.2) is 0 Å². The third-order valence-corrected chi connectivity index (χ3v) is 1.71. The van der Waals surface area contributed by atoms with Crippen LogP contribution in [0.4, 0.5) is 5.69 Å². The largest absolute Gasteiger partial charge is 0.269 e. The smallest absolute Gasteiger partial charge is 0.258 e. The van der Waals surface area contributed by atoms with Crippen molar-refractivity contribution in [1.29, 1.82) is 0 Å². The van der Waals surface area contributed by atoms with E-state index in [0.717, 1.165) is 0 Å². The molecular formula is C8H6N4O2. The molecule has 0 aliphatic carbocycles. The normalized spacial score (nSPS) is 10.0. The van der Waals surface area contributed by atoms with Gasteiger partial charge in [-0.25, -0.2) is 0 Å². The number of aromatic nitrogens is 3. The molecule has 1 aromatic heterocycles. The first kappa shape index (κ1) is 8.36. The quantitative estimate of drug-likeness (QED) is 0.526. The molecule has 0 bridgehead atoms. The summed E-state index contributed by atoms with van der Waals surface area (Å²) in [6.45, 7) is 0. The van der Waals surface area contributed by atoms with Crippen LogP contribution in [0.2, 0.25) is 0 Å². The number of nitro benzene ring substituents is 1. The Hall–Kier alpha value is -2.24. The van der Waals surface area contributed by atoms with E-state index >= 15 is 0 Å². The lowest BCUT2D eigenvalue weighted by Crippen LogP contribution is -1.98. The van der Waals surface area contributed by atoms with Gasteiger partial charge < -0.3 is 0 Å². The summed E-state index contributed by atoms with van der Waals surface area (Å²) in [4.78, 5) is 11.3. The molecule has 0 saturated carbocycles. The maximum absolute atomic E-state index is 10.4. The lowest BCUT2D eigenvalue weighted by molar-refractivity contribution is -0.384. The van der Waals surface area contributed by atoms with Crippen LogP contribution in [0.3, 0.4) is 0 Å². The van der Waals surface area contributed by atoms with Crippen molar-refractivity contribution in [3.05, 3.63) is 46.8 Å². The zero-order valence-electron chi connectivity index (χ0n) is 7.07. The maximum atomic E-state index is 10.4. The van der Waals surface area contributed by atoms with Gasteiger partial charge in [-0.05, 0) is 12.1 Å². The molecule has 6 nitrogen and oxygen atoms in total. The summed E-state index contributed by atoms with van der Waals surface area (Å²) >= 11 is 0. The van der Waals surface area contributed by atoms with Gasteiger partial charge in [0.1, 0.15) is 0 Å². The van der Waals surface area contributed by atoms with Crippen LogP contribution in [0.5, 0.6) is 0 Å². The summed E-state index contributed by atoms with van der Waals surface area (Å²) < 4.78 is 0. The summed E-state index contributed by atoms with van der Waals surface area (Å²) in [6, 6.07) is 6.02. The zero-order valence-corrected chi connectivity index (χ0v) is 7.07. The van der Waals surface area contributed by atoms with Crippen LogP contribution in [-0.2, 0) is 0 Å². The third-order valence-electron chi connectivity index (χ3n) is 1.71. The number of non-ortho nitro benzene ring substituents is 1. The number of hydrogen-bond acceptors (Lipinski definition) is 4. The summed E-state index contributed by atoms with van der Waals surface area (Å²) in [5.74, 6) is 0. The van der Waals surface area contributed by atoms with E-state index < -0.39 is 4.92 Å². The summed E-state index contributed by atoms with van der Waals surface area (Å²) in [7, 11) is 0. The number of nitrogens with zero attached hydrogens (tertiary/aromatic N) is 4. The minimum Gasteiger partial charge on any atom is -0.258 e. The average Bonchev–Trinajstić information content (AvgIpc) is 2.71. The molecule has 0 amide bonds. The van der Waals surface area contributed by atoms with E-state index in [9.17, 15) is 10.1 Å². The topological polar surface area (TPSA) is 73.8 Å². The van der Waals surface area contributed by atoms with E-state index in [4.69, 9.17) is 0 Å². The highest BCUT2D eigenvalue weighted by molar-refractivity contribution is 5.39. The molecule has 0 saturated heterocycles. The molecule has 14 heavy (non-hydrogen) atoms. The highest BCUT2D eigenvalue weighted by Gasteiger charge is 2.04.